The molecule has 1 N–H and O–H groups in total. The van der Waals surface area contributed by atoms with Crippen LogP contribution in [0, 0.1) is 0 Å². The van der Waals surface area contributed by atoms with E-state index in [4.69, 9.17) is 4.74 Å². The summed E-state index contributed by atoms with van der Waals surface area (Å²) < 4.78 is 5.16. The molecular weight excluding hydrogens is 176 g/mol. The van der Waals surface area contributed by atoms with Crippen molar-refractivity contribution >= 4 is 0 Å². The summed E-state index contributed by atoms with van der Waals surface area (Å²) in [6.07, 6.45) is 1.19. The first-order chi connectivity index (χ1) is 6.62. The first-order valence-corrected chi connectivity index (χ1v) is 5.60. The van der Waals surface area contributed by atoms with Crippen molar-refractivity contribution in [3.8, 4) is 0 Å². The highest BCUT2D eigenvalue weighted by Crippen LogP contribution is 2.22. The first-order valence-electron chi connectivity index (χ1n) is 5.60. The van der Waals surface area contributed by atoms with E-state index in [-0.39, 0.29) is 0 Å². The molecule has 1 aliphatic heterocycles. The molecule has 1 heterocycles. The zero-order chi connectivity index (χ0) is 10.6. The van der Waals surface area contributed by atoms with E-state index in [1.807, 2.05) is 0 Å². The Morgan fingerprint density at radius 1 is 1.57 bits per heavy atom. The van der Waals surface area contributed by atoms with E-state index in [1.54, 1.807) is 7.11 Å². The van der Waals surface area contributed by atoms with Gasteiger partial charge in [0, 0.05) is 38.3 Å². The van der Waals surface area contributed by atoms with Crippen LogP contribution in [0.5, 0.6) is 0 Å². The van der Waals surface area contributed by atoms with Crippen LogP contribution in [-0.4, -0.2) is 49.8 Å². The fraction of sp³-hybridized carbons (Fsp3) is 1.00. The summed E-state index contributed by atoms with van der Waals surface area (Å²) in [5.41, 5.74) is 0.311. The molecule has 3 heteroatoms. The Hall–Kier alpha value is -0.120. The predicted molar refractivity (Wildman–Crippen MR) is 59.6 cm³/mol. The lowest BCUT2D eigenvalue weighted by molar-refractivity contribution is 0.0295. The van der Waals surface area contributed by atoms with Gasteiger partial charge < -0.3 is 10.1 Å². The molecule has 0 aliphatic carbocycles. The molecule has 1 saturated heterocycles. The second-order valence-electron chi connectivity index (χ2n) is 4.57. The van der Waals surface area contributed by atoms with E-state index < -0.39 is 0 Å². The van der Waals surface area contributed by atoms with Gasteiger partial charge in [0.25, 0.3) is 0 Å². The minimum atomic E-state index is 0.311. The second-order valence-corrected chi connectivity index (χ2v) is 4.57. The van der Waals surface area contributed by atoms with Gasteiger partial charge in [-0.25, -0.2) is 0 Å². The third kappa shape index (κ3) is 2.69. The van der Waals surface area contributed by atoms with E-state index in [1.165, 1.54) is 6.42 Å². The summed E-state index contributed by atoms with van der Waals surface area (Å²) >= 11 is 0. The molecule has 0 aromatic rings. The SMILES string of the molecule is CCC1(C)CNC(C)CN1CCOC. The molecule has 0 radical (unpaired) electrons. The highest BCUT2D eigenvalue weighted by atomic mass is 16.5. The Morgan fingerprint density at radius 3 is 2.86 bits per heavy atom. The van der Waals surface area contributed by atoms with Gasteiger partial charge in [-0.3, -0.25) is 4.90 Å². The Balaban J connectivity index is 2.54. The zero-order valence-electron chi connectivity index (χ0n) is 9.97. The van der Waals surface area contributed by atoms with Crippen LogP contribution < -0.4 is 5.32 Å². The van der Waals surface area contributed by atoms with Crippen molar-refractivity contribution in [3.63, 3.8) is 0 Å². The van der Waals surface area contributed by atoms with Gasteiger partial charge in [0.1, 0.15) is 0 Å². The number of hydrogen-bond acceptors (Lipinski definition) is 3. The molecule has 2 unspecified atom stereocenters. The number of rotatable bonds is 4. The second kappa shape index (κ2) is 5.10. The van der Waals surface area contributed by atoms with Crippen molar-refractivity contribution in [2.75, 3.05) is 33.4 Å². The zero-order valence-corrected chi connectivity index (χ0v) is 9.97. The summed E-state index contributed by atoms with van der Waals surface area (Å²) in [7, 11) is 1.77. The maximum absolute atomic E-state index is 5.16. The molecule has 3 nitrogen and oxygen atoms in total. The molecule has 1 aliphatic rings. The topological polar surface area (TPSA) is 24.5 Å². The van der Waals surface area contributed by atoms with Gasteiger partial charge in [0.15, 0.2) is 0 Å². The van der Waals surface area contributed by atoms with Crippen molar-refractivity contribution in [2.24, 2.45) is 0 Å². The number of hydrogen-bond donors (Lipinski definition) is 1. The Bertz CT molecular complexity index is 175. The van der Waals surface area contributed by atoms with Gasteiger partial charge in [0.05, 0.1) is 6.61 Å². The number of piperazine rings is 1. The standard InChI is InChI=1S/C11H24N2O/c1-5-11(3)9-12-10(2)8-13(11)6-7-14-4/h10,12H,5-9H2,1-4H3. The molecule has 1 fully saturated rings. The van der Waals surface area contributed by atoms with Crippen LogP contribution in [0.3, 0.4) is 0 Å². The Morgan fingerprint density at radius 2 is 2.29 bits per heavy atom. The molecule has 0 saturated carbocycles. The van der Waals surface area contributed by atoms with E-state index >= 15 is 0 Å². The van der Waals surface area contributed by atoms with Gasteiger partial charge in [-0.2, -0.15) is 0 Å². The minimum absolute atomic E-state index is 0.311. The van der Waals surface area contributed by atoms with Crippen LogP contribution >= 0.6 is 0 Å². The smallest absolute Gasteiger partial charge is 0.0589 e. The predicted octanol–water partition coefficient (Wildman–Crippen LogP) is 1.10. The van der Waals surface area contributed by atoms with Crippen LogP contribution in [0.25, 0.3) is 0 Å². The Labute approximate surface area is 87.8 Å². The van der Waals surface area contributed by atoms with Crippen molar-refractivity contribution < 1.29 is 4.74 Å². The maximum atomic E-state index is 5.16. The molecule has 84 valence electrons. The molecule has 14 heavy (non-hydrogen) atoms. The van der Waals surface area contributed by atoms with E-state index in [9.17, 15) is 0 Å². The molecule has 0 spiro atoms. The summed E-state index contributed by atoms with van der Waals surface area (Å²) in [6.45, 7) is 10.9. The number of nitrogens with zero attached hydrogens (tertiary/aromatic N) is 1. The molecule has 0 aromatic carbocycles. The molecular formula is C11H24N2O. The van der Waals surface area contributed by atoms with Crippen LogP contribution in [0.4, 0.5) is 0 Å². The fourth-order valence-corrected chi connectivity index (χ4v) is 2.03. The van der Waals surface area contributed by atoms with Gasteiger partial charge in [-0.15, -0.1) is 0 Å². The van der Waals surface area contributed by atoms with Gasteiger partial charge >= 0.3 is 0 Å². The number of nitrogens with one attached hydrogen (secondary N) is 1. The summed E-state index contributed by atoms with van der Waals surface area (Å²) in [4.78, 5) is 2.55. The minimum Gasteiger partial charge on any atom is -0.383 e. The third-order valence-electron chi connectivity index (χ3n) is 3.42. The van der Waals surface area contributed by atoms with Crippen molar-refractivity contribution in [1.82, 2.24) is 10.2 Å². The van der Waals surface area contributed by atoms with Crippen molar-refractivity contribution in [2.45, 2.75) is 38.8 Å². The van der Waals surface area contributed by atoms with E-state index in [0.29, 0.717) is 11.6 Å². The van der Waals surface area contributed by atoms with Crippen molar-refractivity contribution in [1.29, 1.82) is 0 Å². The van der Waals surface area contributed by atoms with Crippen LogP contribution in [0.2, 0.25) is 0 Å². The van der Waals surface area contributed by atoms with Crippen LogP contribution in [0.15, 0.2) is 0 Å². The largest absolute Gasteiger partial charge is 0.383 e. The monoisotopic (exact) mass is 200 g/mol. The van der Waals surface area contributed by atoms with Crippen LogP contribution in [0.1, 0.15) is 27.2 Å². The van der Waals surface area contributed by atoms with Gasteiger partial charge in [-0.05, 0) is 20.3 Å². The molecule has 0 amide bonds. The molecule has 1 rings (SSSR count). The lowest BCUT2D eigenvalue weighted by atomic mass is 9.92. The average Bonchev–Trinajstić information content (AvgIpc) is 2.20. The molecule has 2 atom stereocenters. The lowest BCUT2D eigenvalue weighted by Gasteiger charge is -2.47. The third-order valence-corrected chi connectivity index (χ3v) is 3.42. The normalized spacial score (nSPS) is 34.7. The first kappa shape index (κ1) is 12.0. The van der Waals surface area contributed by atoms with Gasteiger partial charge in [-0.1, -0.05) is 6.92 Å². The summed E-state index contributed by atoms with van der Waals surface area (Å²) in [5, 5.41) is 3.55. The van der Waals surface area contributed by atoms with E-state index in [2.05, 4.69) is 31.0 Å². The fourth-order valence-electron chi connectivity index (χ4n) is 2.03. The van der Waals surface area contributed by atoms with E-state index in [0.717, 1.165) is 26.2 Å². The number of methoxy groups -OCH3 is 1. The average molecular weight is 200 g/mol. The maximum Gasteiger partial charge on any atom is 0.0589 e. The summed E-state index contributed by atoms with van der Waals surface area (Å²) in [5.74, 6) is 0. The summed E-state index contributed by atoms with van der Waals surface area (Å²) in [6, 6.07) is 0.603. The van der Waals surface area contributed by atoms with Crippen LogP contribution in [-0.2, 0) is 4.74 Å². The molecule has 0 aromatic heterocycles. The highest BCUT2D eigenvalue weighted by Gasteiger charge is 2.34. The van der Waals surface area contributed by atoms with Gasteiger partial charge in [0.2, 0.25) is 0 Å². The number of ether oxygens (including phenoxy) is 1. The quantitative estimate of drug-likeness (QED) is 0.735. The Kier molecular flexibility index (Phi) is 4.35. The molecule has 0 bridgehead atoms. The van der Waals surface area contributed by atoms with Crippen molar-refractivity contribution in [3.05, 3.63) is 0 Å². The lowest BCUT2D eigenvalue weighted by Crippen LogP contribution is -2.62. The highest BCUT2D eigenvalue weighted by molar-refractivity contribution is 4.93.